The van der Waals surface area contributed by atoms with Crippen LogP contribution in [-0.2, 0) is 16.6 Å². The molecule has 2 heterocycles. The summed E-state index contributed by atoms with van der Waals surface area (Å²) in [5.74, 6) is 0. The number of sulfonamides is 1. The van der Waals surface area contributed by atoms with E-state index in [1.165, 1.54) is 22.2 Å². The van der Waals surface area contributed by atoms with Gasteiger partial charge in [-0.05, 0) is 12.1 Å². The summed E-state index contributed by atoms with van der Waals surface area (Å²) >= 11 is 1.19. The highest BCUT2D eigenvalue weighted by molar-refractivity contribution is 7.89. The SMILES string of the molecule is CNc1snnc1CN1C=Nc2ccccc2S1(=O)=O. The summed E-state index contributed by atoms with van der Waals surface area (Å²) in [5.41, 5.74) is 1.03. The smallest absolute Gasteiger partial charge is 0.267 e. The highest BCUT2D eigenvalue weighted by Gasteiger charge is 2.29. The number of nitrogens with zero attached hydrogens (tertiary/aromatic N) is 4. The molecule has 104 valence electrons. The van der Waals surface area contributed by atoms with E-state index in [9.17, 15) is 8.42 Å². The monoisotopic (exact) mass is 309 g/mol. The molecule has 1 aromatic heterocycles. The van der Waals surface area contributed by atoms with E-state index in [2.05, 4.69) is 19.9 Å². The molecule has 1 N–H and O–H groups in total. The van der Waals surface area contributed by atoms with Gasteiger partial charge in [0.2, 0.25) is 0 Å². The summed E-state index contributed by atoms with van der Waals surface area (Å²) in [6.07, 6.45) is 1.32. The third kappa shape index (κ3) is 2.04. The fourth-order valence-corrected chi connectivity index (χ4v) is 3.75. The molecule has 0 radical (unpaired) electrons. The number of hydrogen-bond acceptors (Lipinski definition) is 7. The van der Waals surface area contributed by atoms with Gasteiger partial charge < -0.3 is 5.32 Å². The van der Waals surface area contributed by atoms with E-state index < -0.39 is 10.0 Å². The summed E-state index contributed by atoms with van der Waals surface area (Å²) in [7, 11) is -1.85. The Morgan fingerprint density at radius 3 is 2.95 bits per heavy atom. The first-order valence-electron chi connectivity index (χ1n) is 5.77. The lowest BCUT2D eigenvalue weighted by Gasteiger charge is -2.23. The van der Waals surface area contributed by atoms with Crippen LogP contribution in [0.25, 0.3) is 0 Å². The Labute approximate surface area is 120 Å². The lowest BCUT2D eigenvalue weighted by atomic mass is 10.3. The average molecular weight is 309 g/mol. The Kier molecular flexibility index (Phi) is 3.14. The summed E-state index contributed by atoms with van der Waals surface area (Å²) in [6, 6.07) is 6.65. The number of fused-ring (bicyclic) bond motifs is 1. The van der Waals surface area contributed by atoms with Crippen molar-refractivity contribution in [2.45, 2.75) is 11.4 Å². The van der Waals surface area contributed by atoms with Crippen LogP contribution in [0.3, 0.4) is 0 Å². The highest BCUT2D eigenvalue weighted by Crippen LogP contribution is 2.31. The van der Waals surface area contributed by atoms with E-state index in [0.29, 0.717) is 11.4 Å². The van der Waals surface area contributed by atoms with Gasteiger partial charge in [-0.25, -0.2) is 17.7 Å². The number of aromatic nitrogens is 2. The zero-order valence-electron chi connectivity index (χ0n) is 10.5. The van der Waals surface area contributed by atoms with Gasteiger partial charge in [-0.2, -0.15) is 0 Å². The van der Waals surface area contributed by atoms with Gasteiger partial charge in [-0.3, -0.25) is 0 Å². The minimum atomic E-state index is -3.59. The van der Waals surface area contributed by atoms with Gasteiger partial charge in [0.05, 0.1) is 12.2 Å². The Morgan fingerprint density at radius 2 is 2.15 bits per heavy atom. The van der Waals surface area contributed by atoms with Crippen molar-refractivity contribution >= 4 is 38.6 Å². The minimum absolute atomic E-state index is 0.104. The lowest BCUT2D eigenvalue weighted by Crippen LogP contribution is -2.31. The number of hydrogen-bond donors (Lipinski definition) is 1. The standard InChI is InChI=1S/C11H11N5O2S2/c1-12-11-9(14-15-19-11)6-16-7-13-8-4-2-3-5-10(8)20(16,17)18/h2-5,7,12H,6H2,1H3. The summed E-state index contributed by atoms with van der Waals surface area (Å²) in [6.45, 7) is 0.104. The van der Waals surface area contributed by atoms with E-state index in [4.69, 9.17) is 0 Å². The molecule has 9 heteroatoms. The fraction of sp³-hybridized carbons (Fsp3) is 0.182. The van der Waals surface area contributed by atoms with Crippen LogP contribution in [0.1, 0.15) is 5.69 Å². The van der Waals surface area contributed by atoms with Gasteiger partial charge in [0, 0.05) is 18.6 Å². The molecular formula is C11H11N5O2S2. The average Bonchev–Trinajstić information content (AvgIpc) is 2.89. The molecule has 0 saturated carbocycles. The first-order chi connectivity index (χ1) is 9.63. The molecule has 2 aromatic rings. The van der Waals surface area contributed by atoms with Crippen LogP contribution in [0.5, 0.6) is 0 Å². The lowest BCUT2D eigenvalue weighted by molar-refractivity contribution is 0.518. The van der Waals surface area contributed by atoms with Crippen molar-refractivity contribution in [3.05, 3.63) is 30.0 Å². The number of nitrogens with one attached hydrogen (secondary N) is 1. The molecule has 1 aliphatic heterocycles. The molecule has 7 nitrogen and oxygen atoms in total. The first-order valence-corrected chi connectivity index (χ1v) is 7.98. The van der Waals surface area contributed by atoms with Crippen molar-refractivity contribution in [3.63, 3.8) is 0 Å². The molecule has 1 aliphatic rings. The Balaban J connectivity index is 1.98. The maximum atomic E-state index is 12.5. The molecule has 0 aliphatic carbocycles. The van der Waals surface area contributed by atoms with Gasteiger partial charge in [0.1, 0.15) is 21.9 Å². The van der Waals surface area contributed by atoms with Crippen molar-refractivity contribution in [2.75, 3.05) is 12.4 Å². The van der Waals surface area contributed by atoms with Crippen LogP contribution in [0, 0.1) is 0 Å². The first kappa shape index (κ1) is 13.0. The van der Waals surface area contributed by atoms with Gasteiger partial charge in [0.15, 0.2) is 0 Å². The molecule has 0 bridgehead atoms. The second kappa shape index (κ2) is 4.84. The molecule has 0 amide bonds. The van der Waals surface area contributed by atoms with Crippen LogP contribution >= 0.6 is 11.5 Å². The molecular weight excluding hydrogens is 298 g/mol. The Bertz CT molecular complexity index is 769. The van der Waals surface area contributed by atoms with E-state index in [1.807, 2.05) is 0 Å². The molecule has 0 fully saturated rings. The fourth-order valence-electron chi connectivity index (χ4n) is 1.87. The van der Waals surface area contributed by atoms with E-state index in [-0.39, 0.29) is 11.4 Å². The van der Waals surface area contributed by atoms with Crippen LogP contribution in [0.15, 0.2) is 34.2 Å². The second-order valence-electron chi connectivity index (χ2n) is 4.06. The summed E-state index contributed by atoms with van der Waals surface area (Å²) in [4.78, 5) is 4.37. The third-order valence-electron chi connectivity index (χ3n) is 2.87. The van der Waals surface area contributed by atoms with Crippen molar-refractivity contribution in [3.8, 4) is 0 Å². The van der Waals surface area contributed by atoms with Crippen LogP contribution in [0.2, 0.25) is 0 Å². The van der Waals surface area contributed by atoms with E-state index >= 15 is 0 Å². The minimum Gasteiger partial charge on any atom is -0.377 e. The maximum Gasteiger partial charge on any atom is 0.267 e. The number of aliphatic imine (C=N–C) groups is 1. The summed E-state index contributed by atoms with van der Waals surface area (Å²) in [5, 5.41) is 7.62. The number of anilines is 1. The molecule has 0 atom stereocenters. The third-order valence-corrected chi connectivity index (χ3v) is 5.39. The topological polar surface area (TPSA) is 87.6 Å². The largest absolute Gasteiger partial charge is 0.377 e. The van der Waals surface area contributed by atoms with Gasteiger partial charge >= 0.3 is 0 Å². The quantitative estimate of drug-likeness (QED) is 0.927. The predicted octanol–water partition coefficient (Wildman–Crippen LogP) is 1.44. The zero-order valence-corrected chi connectivity index (χ0v) is 12.1. The molecule has 1 aromatic carbocycles. The summed E-state index contributed by atoms with van der Waals surface area (Å²) < 4.78 is 30.0. The normalized spacial score (nSPS) is 15.9. The number of rotatable bonds is 3. The van der Waals surface area contributed by atoms with Crippen molar-refractivity contribution in [2.24, 2.45) is 4.99 Å². The zero-order chi connectivity index (χ0) is 14.2. The Morgan fingerprint density at radius 1 is 1.35 bits per heavy atom. The molecule has 20 heavy (non-hydrogen) atoms. The van der Waals surface area contributed by atoms with Gasteiger partial charge in [-0.15, -0.1) is 5.10 Å². The molecule has 0 spiro atoms. The van der Waals surface area contributed by atoms with Crippen LogP contribution < -0.4 is 5.32 Å². The van der Waals surface area contributed by atoms with Crippen LogP contribution in [-0.4, -0.2) is 35.7 Å². The second-order valence-corrected chi connectivity index (χ2v) is 6.67. The number of benzene rings is 1. The van der Waals surface area contributed by atoms with Crippen molar-refractivity contribution < 1.29 is 8.42 Å². The van der Waals surface area contributed by atoms with Gasteiger partial charge in [0.25, 0.3) is 10.0 Å². The maximum absolute atomic E-state index is 12.5. The number of para-hydroxylation sites is 1. The highest BCUT2D eigenvalue weighted by atomic mass is 32.2. The Hall–Kier alpha value is -2.00. The van der Waals surface area contributed by atoms with Crippen molar-refractivity contribution in [1.82, 2.24) is 13.9 Å². The van der Waals surface area contributed by atoms with Crippen molar-refractivity contribution in [1.29, 1.82) is 0 Å². The molecule has 3 rings (SSSR count). The predicted molar refractivity (Wildman–Crippen MR) is 76.8 cm³/mol. The van der Waals surface area contributed by atoms with Crippen LogP contribution in [0.4, 0.5) is 10.7 Å². The van der Waals surface area contributed by atoms with E-state index in [1.54, 1.807) is 31.3 Å². The van der Waals surface area contributed by atoms with E-state index in [0.717, 1.165) is 5.00 Å². The molecule has 0 unspecified atom stereocenters. The van der Waals surface area contributed by atoms with Gasteiger partial charge in [-0.1, -0.05) is 16.6 Å². The molecule has 0 saturated heterocycles.